The number of nitrogens with zero attached hydrogens (tertiary/aromatic N) is 3. The minimum absolute atomic E-state index is 0.268. The zero-order valence-electron chi connectivity index (χ0n) is 20.5. The van der Waals surface area contributed by atoms with E-state index in [1.807, 2.05) is 53.2 Å². The molecule has 10 nitrogen and oxygen atoms in total. The van der Waals surface area contributed by atoms with E-state index in [0.29, 0.717) is 30.5 Å². The Bertz CT molecular complexity index is 1320. The first-order valence-corrected chi connectivity index (χ1v) is 12.0. The van der Waals surface area contributed by atoms with E-state index in [4.69, 9.17) is 45.9 Å². The maximum Gasteiger partial charge on any atom is 0.291 e. The first kappa shape index (κ1) is 26.9. The second-order valence-electron chi connectivity index (χ2n) is 8.32. The third-order valence-corrected chi connectivity index (χ3v) is 6.11. The Labute approximate surface area is 224 Å². The number of ether oxygens (including phenoxy) is 4. The second kappa shape index (κ2) is 12.4. The Balaban J connectivity index is 0.000000786. The van der Waals surface area contributed by atoms with Crippen molar-refractivity contribution in [3.8, 4) is 22.6 Å². The minimum atomic E-state index is -1.50. The van der Waals surface area contributed by atoms with Gasteiger partial charge >= 0.3 is 0 Å². The predicted octanol–water partition coefficient (Wildman–Crippen LogP) is 5.21. The lowest BCUT2D eigenvalue weighted by Gasteiger charge is -2.30. The quantitative estimate of drug-likeness (QED) is 0.239. The summed E-state index contributed by atoms with van der Waals surface area (Å²) in [4.78, 5) is 12.5. The van der Waals surface area contributed by atoms with Crippen molar-refractivity contribution in [3.63, 3.8) is 0 Å². The number of hydrogen-bond acceptors (Lipinski definition) is 7. The Morgan fingerprint density at radius 3 is 2.45 bits per heavy atom. The van der Waals surface area contributed by atoms with E-state index in [1.165, 1.54) is 5.56 Å². The van der Waals surface area contributed by atoms with Gasteiger partial charge in [-0.15, -0.1) is 10.1 Å². The molecule has 0 amide bonds. The van der Waals surface area contributed by atoms with Crippen LogP contribution < -0.4 is 9.47 Å². The van der Waals surface area contributed by atoms with Crippen molar-refractivity contribution in [2.24, 2.45) is 0 Å². The van der Waals surface area contributed by atoms with Crippen LogP contribution in [0.3, 0.4) is 0 Å². The highest BCUT2D eigenvalue weighted by molar-refractivity contribution is 6.31. The fourth-order valence-corrected chi connectivity index (χ4v) is 4.39. The molecule has 0 unspecified atom stereocenters. The first-order chi connectivity index (χ1) is 18.4. The number of imidazole rings is 1. The molecule has 38 heavy (non-hydrogen) atoms. The van der Waals surface area contributed by atoms with Gasteiger partial charge < -0.3 is 28.7 Å². The number of benzene rings is 3. The summed E-state index contributed by atoms with van der Waals surface area (Å²) in [5, 5.41) is 14.2. The van der Waals surface area contributed by atoms with Crippen molar-refractivity contribution >= 4 is 11.6 Å². The second-order valence-corrected chi connectivity index (χ2v) is 8.73. The number of methoxy groups -OCH3 is 1. The van der Waals surface area contributed by atoms with Crippen molar-refractivity contribution in [1.82, 2.24) is 9.55 Å². The highest BCUT2D eigenvalue weighted by atomic mass is 35.5. The van der Waals surface area contributed by atoms with Crippen LogP contribution >= 0.6 is 11.6 Å². The predicted molar refractivity (Wildman–Crippen MR) is 139 cm³/mol. The molecule has 5 rings (SSSR count). The lowest BCUT2D eigenvalue weighted by atomic mass is 10.1. The first-order valence-electron chi connectivity index (χ1n) is 11.6. The van der Waals surface area contributed by atoms with Crippen LogP contribution in [0.1, 0.15) is 5.56 Å². The highest BCUT2D eigenvalue weighted by Crippen LogP contribution is 2.41. The van der Waals surface area contributed by atoms with Crippen LogP contribution in [0.4, 0.5) is 0 Å². The normalized spacial score (nSPS) is 18.3. The van der Waals surface area contributed by atoms with E-state index in [1.54, 1.807) is 25.7 Å². The van der Waals surface area contributed by atoms with Crippen molar-refractivity contribution in [2.45, 2.75) is 18.4 Å². The summed E-state index contributed by atoms with van der Waals surface area (Å²) in [5.41, 5.74) is 3.04. The molecule has 0 saturated carbocycles. The lowest BCUT2D eigenvalue weighted by Crippen LogP contribution is -2.34. The summed E-state index contributed by atoms with van der Waals surface area (Å²) >= 11 is 6.61. The molecule has 0 spiro atoms. The highest BCUT2D eigenvalue weighted by Gasteiger charge is 2.45. The fraction of sp³-hybridized carbons (Fsp3) is 0.222. The summed E-state index contributed by atoms with van der Waals surface area (Å²) in [6.07, 6.45) is 5.04. The molecular weight excluding hydrogens is 514 g/mol. The molecular formula is C27H26ClN3O7. The fourth-order valence-electron chi connectivity index (χ4n) is 4.07. The number of halogens is 1. The van der Waals surface area contributed by atoms with Gasteiger partial charge in [0.1, 0.15) is 24.2 Å². The number of rotatable bonds is 8. The summed E-state index contributed by atoms with van der Waals surface area (Å²) in [5.74, 6) is 0.385. The van der Waals surface area contributed by atoms with Gasteiger partial charge in [0.25, 0.3) is 5.09 Å². The van der Waals surface area contributed by atoms with Gasteiger partial charge in [0, 0.05) is 18.0 Å². The monoisotopic (exact) mass is 539 g/mol. The van der Waals surface area contributed by atoms with Crippen molar-refractivity contribution in [1.29, 1.82) is 0 Å². The molecule has 1 aromatic heterocycles. The molecule has 0 bridgehead atoms. The van der Waals surface area contributed by atoms with Crippen molar-refractivity contribution in [3.05, 3.63) is 112 Å². The minimum Gasteiger partial charge on any atom is -0.497 e. The van der Waals surface area contributed by atoms with Crippen LogP contribution in [0.5, 0.6) is 11.5 Å². The number of hydrogen-bond donors (Lipinski definition) is 1. The largest absolute Gasteiger partial charge is 0.497 e. The van der Waals surface area contributed by atoms with E-state index in [-0.39, 0.29) is 6.10 Å². The van der Waals surface area contributed by atoms with Gasteiger partial charge in [-0.2, -0.15) is 0 Å². The van der Waals surface area contributed by atoms with Crippen LogP contribution in [-0.2, 0) is 21.8 Å². The summed E-state index contributed by atoms with van der Waals surface area (Å²) in [6.45, 7) is 1.13. The average molecular weight is 540 g/mol. The van der Waals surface area contributed by atoms with E-state index in [0.717, 1.165) is 16.9 Å². The van der Waals surface area contributed by atoms with E-state index < -0.39 is 10.9 Å². The van der Waals surface area contributed by atoms with Crippen LogP contribution in [-0.4, -0.2) is 46.3 Å². The molecule has 4 aromatic rings. The summed E-state index contributed by atoms with van der Waals surface area (Å²) in [7, 11) is 1.61. The molecule has 0 aliphatic carbocycles. The maximum absolute atomic E-state index is 8.36. The van der Waals surface area contributed by atoms with Crippen LogP contribution in [0.2, 0.25) is 5.02 Å². The summed E-state index contributed by atoms with van der Waals surface area (Å²) < 4.78 is 26.0. The molecule has 1 N–H and O–H groups in total. The molecule has 1 saturated heterocycles. The van der Waals surface area contributed by atoms with Gasteiger partial charge in [-0.25, -0.2) is 4.98 Å². The molecule has 1 aliphatic heterocycles. The smallest absolute Gasteiger partial charge is 0.291 e. The number of aromatic nitrogens is 2. The zero-order chi connectivity index (χ0) is 27.0. The van der Waals surface area contributed by atoms with Gasteiger partial charge in [-0.1, -0.05) is 54.1 Å². The standard InChI is InChI=1S/C27H25ClN2O4.HNO3/c1-31-23-11-12-25(26(28)15-23)27(18-30-14-13-29-19-30)33-17-24(34-27)16-32-22-9-7-21(8-10-22)20-5-3-2-4-6-20;2-1(3)4/h2-15,19,24H,16-18H2,1H3;(H,2,3,4)/t24-,27-;/m1./s1. The van der Waals surface area contributed by atoms with Gasteiger partial charge in [0.05, 0.1) is 31.6 Å². The molecule has 1 aliphatic rings. The molecule has 3 aromatic carbocycles. The van der Waals surface area contributed by atoms with Crippen LogP contribution in [0.25, 0.3) is 11.1 Å². The van der Waals surface area contributed by atoms with Crippen LogP contribution in [0, 0.1) is 10.1 Å². The molecule has 2 heterocycles. The van der Waals surface area contributed by atoms with Gasteiger partial charge in [0.2, 0.25) is 5.79 Å². The molecule has 1 fully saturated rings. The Morgan fingerprint density at radius 1 is 1.13 bits per heavy atom. The van der Waals surface area contributed by atoms with Gasteiger partial charge in [-0.3, -0.25) is 0 Å². The Hall–Kier alpha value is -4.12. The molecule has 198 valence electrons. The third-order valence-electron chi connectivity index (χ3n) is 5.79. The Morgan fingerprint density at radius 2 is 1.82 bits per heavy atom. The van der Waals surface area contributed by atoms with Gasteiger partial charge in [0.15, 0.2) is 0 Å². The van der Waals surface area contributed by atoms with E-state index in [2.05, 4.69) is 29.2 Å². The SMILES string of the molecule is COc1ccc([C@]2(Cn3ccnc3)OC[C@@H](COc3ccc(-c4ccccc4)cc3)O2)c(Cl)c1.O=[N+]([O-])O. The maximum atomic E-state index is 8.36. The molecule has 0 radical (unpaired) electrons. The van der Waals surface area contributed by atoms with E-state index in [9.17, 15) is 0 Å². The van der Waals surface area contributed by atoms with Crippen molar-refractivity contribution in [2.75, 3.05) is 20.3 Å². The molecule has 2 atom stereocenters. The zero-order valence-corrected chi connectivity index (χ0v) is 21.2. The average Bonchev–Trinajstić information content (AvgIpc) is 3.58. The van der Waals surface area contributed by atoms with Crippen LogP contribution in [0.15, 0.2) is 91.5 Å². The summed E-state index contributed by atoms with van der Waals surface area (Å²) in [6, 6.07) is 23.8. The lowest BCUT2D eigenvalue weighted by molar-refractivity contribution is -0.742. The third kappa shape index (κ3) is 6.80. The van der Waals surface area contributed by atoms with E-state index >= 15 is 0 Å². The van der Waals surface area contributed by atoms with Crippen molar-refractivity contribution < 1.29 is 29.2 Å². The van der Waals surface area contributed by atoms with Gasteiger partial charge in [-0.05, 0) is 41.5 Å². The topological polar surface area (TPSA) is 118 Å². The molecule has 11 heteroatoms. The Kier molecular flexibility index (Phi) is 8.80.